The van der Waals surface area contributed by atoms with E-state index in [2.05, 4.69) is 20.6 Å². The smallest absolute Gasteiger partial charge is 0.396 e. The molecule has 1 aliphatic rings. The number of aliphatic hydroxyl groups is 1. The summed E-state index contributed by atoms with van der Waals surface area (Å²) in [5.74, 6) is 0.142. The summed E-state index contributed by atoms with van der Waals surface area (Å²) in [6.07, 6.45) is -1.89. The van der Waals surface area contributed by atoms with Crippen molar-refractivity contribution in [3.63, 3.8) is 0 Å². The van der Waals surface area contributed by atoms with Crippen molar-refractivity contribution in [3.05, 3.63) is 11.8 Å². The fourth-order valence-electron chi connectivity index (χ4n) is 2.54. The Bertz CT molecular complexity index is 481. The van der Waals surface area contributed by atoms with E-state index in [4.69, 9.17) is 0 Å². The molecule has 0 radical (unpaired) electrons. The van der Waals surface area contributed by atoms with Gasteiger partial charge in [-0.3, -0.25) is 0 Å². The molecule has 1 saturated carbocycles. The van der Waals surface area contributed by atoms with Crippen molar-refractivity contribution < 1.29 is 18.3 Å². The molecule has 118 valence electrons. The maximum Gasteiger partial charge on any atom is 0.433 e. The molecule has 1 aromatic rings. The van der Waals surface area contributed by atoms with E-state index in [1.807, 2.05) is 0 Å². The molecule has 0 amide bonds. The first-order valence-electron chi connectivity index (χ1n) is 7.01. The van der Waals surface area contributed by atoms with Gasteiger partial charge in [-0.1, -0.05) is 6.42 Å². The first-order valence-corrected chi connectivity index (χ1v) is 7.01. The molecule has 21 heavy (non-hydrogen) atoms. The van der Waals surface area contributed by atoms with E-state index in [0.29, 0.717) is 6.54 Å². The molecule has 0 bridgehead atoms. The van der Waals surface area contributed by atoms with Gasteiger partial charge >= 0.3 is 6.18 Å². The minimum Gasteiger partial charge on any atom is -0.396 e. The van der Waals surface area contributed by atoms with E-state index in [0.717, 1.165) is 25.3 Å². The first kappa shape index (κ1) is 15.8. The van der Waals surface area contributed by atoms with Crippen LogP contribution in [0.2, 0.25) is 0 Å². The number of halogens is 3. The molecule has 1 aliphatic carbocycles. The summed E-state index contributed by atoms with van der Waals surface area (Å²) in [5.41, 5.74) is -0.977. The number of aromatic nitrogens is 2. The van der Waals surface area contributed by atoms with Gasteiger partial charge in [0.15, 0.2) is 5.69 Å². The highest BCUT2D eigenvalue weighted by atomic mass is 19.4. The highest BCUT2D eigenvalue weighted by Crippen LogP contribution is 2.32. The summed E-state index contributed by atoms with van der Waals surface area (Å²) in [4.78, 5) is 7.53. The Kier molecular flexibility index (Phi) is 4.87. The van der Waals surface area contributed by atoms with E-state index in [1.165, 1.54) is 0 Å². The molecule has 2 unspecified atom stereocenters. The van der Waals surface area contributed by atoms with E-state index >= 15 is 0 Å². The zero-order valence-corrected chi connectivity index (χ0v) is 11.7. The van der Waals surface area contributed by atoms with Crippen LogP contribution in [0.1, 0.15) is 31.9 Å². The van der Waals surface area contributed by atoms with Crippen LogP contribution in [0, 0.1) is 5.92 Å². The van der Waals surface area contributed by atoms with Crippen molar-refractivity contribution in [2.75, 3.05) is 23.8 Å². The average molecular weight is 304 g/mol. The van der Waals surface area contributed by atoms with Crippen LogP contribution in [0.3, 0.4) is 0 Å². The van der Waals surface area contributed by atoms with Gasteiger partial charge in [-0.2, -0.15) is 18.2 Å². The van der Waals surface area contributed by atoms with Crippen LogP contribution < -0.4 is 10.6 Å². The van der Waals surface area contributed by atoms with Gasteiger partial charge < -0.3 is 15.7 Å². The van der Waals surface area contributed by atoms with Gasteiger partial charge in [0, 0.05) is 31.2 Å². The van der Waals surface area contributed by atoms with E-state index in [9.17, 15) is 18.3 Å². The third-order valence-electron chi connectivity index (χ3n) is 3.58. The molecule has 5 nitrogen and oxygen atoms in total. The van der Waals surface area contributed by atoms with Gasteiger partial charge in [0.25, 0.3) is 0 Å². The summed E-state index contributed by atoms with van der Waals surface area (Å²) in [5, 5.41) is 15.0. The van der Waals surface area contributed by atoms with E-state index in [-0.39, 0.29) is 30.3 Å². The van der Waals surface area contributed by atoms with Crippen LogP contribution in [0.4, 0.5) is 24.9 Å². The van der Waals surface area contributed by atoms with Crippen LogP contribution in [0.25, 0.3) is 0 Å². The van der Waals surface area contributed by atoms with Crippen molar-refractivity contribution in [2.45, 2.75) is 38.4 Å². The number of aliphatic hydroxyl groups excluding tert-OH is 1. The minimum absolute atomic E-state index is 0.0228. The standard InChI is InChI=1S/C13H19F3N4O/c1-2-17-12-19-10(13(14,15)16)6-11(20-12)18-9-5-3-4-8(9)7-21/h6,8-9,21H,2-5,7H2,1H3,(H2,17,18,19,20). The quantitative estimate of drug-likeness (QED) is 0.780. The van der Waals surface area contributed by atoms with Gasteiger partial charge in [-0.15, -0.1) is 0 Å². The van der Waals surface area contributed by atoms with Gasteiger partial charge in [-0.05, 0) is 19.8 Å². The lowest BCUT2D eigenvalue weighted by Crippen LogP contribution is -2.27. The summed E-state index contributed by atoms with van der Waals surface area (Å²) < 4.78 is 38.6. The molecule has 0 aromatic carbocycles. The van der Waals surface area contributed by atoms with Crippen molar-refractivity contribution in [1.82, 2.24) is 9.97 Å². The van der Waals surface area contributed by atoms with Crippen molar-refractivity contribution in [3.8, 4) is 0 Å². The molecular formula is C13H19F3N4O. The van der Waals surface area contributed by atoms with E-state index < -0.39 is 11.9 Å². The number of nitrogens with zero attached hydrogens (tertiary/aromatic N) is 2. The molecular weight excluding hydrogens is 285 g/mol. The zero-order valence-electron chi connectivity index (χ0n) is 11.7. The number of rotatable bonds is 5. The number of alkyl halides is 3. The Hall–Kier alpha value is -1.57. The minimum atomic E-state index is -4.52. The van der Waals surface area contributed by atoms with Gasteiger partial charge in [0.1, 0.15) is 5.82 Å². The maximum absolute atomic E-state index is 12.9. The molecule has 0 spiro atoms. The van der Waals surface area contributed by atoms with Crippen molar-refractivity contribution >= 4 is 11.8 Å². The monoisotopic (exact) mass is 304 g/mol. The topological polar surface area (TPSA) is 70.1 Å². The average Bonchev–Trinajstić information content (AvgIpc) is 2.85. The van der Waals surface area contributed by atoms with E-state index in [1.54, 1.807) is 6.92 Å². The second kappa shape index (κ2) is 6.46. The summed E-state index contributed by atoms with van der Waals surface area (Å²) in [6.45, 7) is 2.22. The number of anilines is 2. The Labute approximate surface area is 121 Å². The molecule has 1 fully saturated rings. The number of hydrogen-bond acceptors (Lipinski definition) is 5. The summed E-state index contributed by atoms with van der Waals surface area (Å²) >= 11 is 0. The normalized spacial score (nSPS) is 22.3. The van der Waals surface area contributed by atoms with Crippen LogP contribution in [0.5, 0.6) is 0 Å². The van der Waals surface area contributed by atoms with Crippen LogP contribution in [-0.2, 0) is 6.18 Å². The Morgan fingerprint density at radius 2 is 2.10 bits per heavy atom. The maximum atomic E-state index is 12.9. The zero-order chi connectivity index (χ0) is 15.5. The van der Waals surface area contributed by atoms with Gasteiger partial charge in [0.2, 0.25) is 5.95 Å². The third-order valence-corrected chi connectivity index (χ3v) is 3.58. The molecule has 2 atom stereocenters. The second-order valence-corrected chi connectivity index (χ2v) is 5.11. The predicted molar refractivity (Wildman–Crippen MR) is 73.0 cm³/mol. The molecule has 8 heteroatoms. The summed E-state index contributed by atoms with van der Waals surface area (Å²) in [6, 6.07) is 0.855. The lowest BCUT2D eigenvalue weighted by atomic mass is 10.1. The van der Waals surface area contributed by atoms with Crippen LogP contribution >= 0.6 is 0 Å². The molecule has 1 heterocycles. The number of hydrogen-bond donors (Lipinski definition) is 3. The first-order chi connectivity index (χ1) is 9.94. The Morgan fingerprint density at radius 3 is 2.71 bits per heavy atom. The molecule has 1 aromatic heterocycles. The summed E-state index contributed by atoms with van der Waals surface area (Å²) in [7, 11) is 0. The lowest BCUT2D eigenvalue weighted by Gasteiger charge is -2.20. The largest absolute Gasteiger partial charge is 0.433 e. The van der Waals surface area contributed by atoms with Gasteiger partial charge in [-0.25, -0.2) is 4.98 Å². The van der Waals surface area contributed by atoms with Crippen LogP contribution in [-0.4, -0.2) is 34.3 Å². The Morgan fingerprint density at radius 1 is 1.33 bits per heavy atom. The highest BCUT2D eigenvalue weighted by Gasteiger charge is 2.34. The van der Waals surface area contributed by atoms with Gasteiger partial charge in [0.05, 0.1) is 0 Å². The molecule has 0 saturated heterocycles. The van der Waals surface area contributed by atoms with Crippen molar-refractivity contribution in [2.24, 2.45) is 5.92 Å². The third kappa shape index (κ3) is 3.96. The van der Waals surface area contributed by atoms with Crippen molar-refractivity contribution in [1.29, 1.82) is 0 Å². The number of nitrogens with one attached hydrogen (secondary N) is 2. The Balaban J connectivity index is 2.23. The molecule has 0 aliphatic heterocycles. The SMILES string of the molecule is CCNc1nc(NC2CCCC2CO)cc(C(F)(F)F)n1. The lowest BCUT2D eigenvalue weighted by molar-refractivity contribution is -0.141. The highest BCUT2D eigenvalue weighted by molar-refractivity contribution is 5.44. The predicted octanol–water partition coefficient (Wildman–Crippen LogP) is 2.50. The fraction of sp³-hybridized carbons (Fsp3) is 0.692. The molecule has 2 rings (SSSR count). The molecule has 3 N–H and O–H groups in total. The fourth-order valence-corrected chi connectivity index (χ4v) is 2.54. The second-order valence-electron chi connectivity index (χ2n) is 5.11. The van der Waals surface area contributed by atoms with Crippen LogP contribution in [0.15, 0.2) is 6.07 Å².